The van der Waals surface area contributed by atoms with E-state index in [0.717, 1.165) is 0 Å². The summed E-state index contributed by atoms with van der Waals surface area (Å²) in [7, 11) is 0. The van der Waals surface area contributed by atoms with Crippen molar-refractivity contribution in [2.45, 2.75) is 48.5 Å². The van der Waals surface area contributed by atoms with Gasteiger partial charge < -0.3 is 14.9 Å². The van der Waals surface area contributed by atoms with Crippen molar-refractivity contribution in [2.24, 2.45) is 5.92 Å². The van der Waals surface area contributed by atoms with Gasteiger partial charge in [0.25, 0.3) is 0 Å². The molecule has 4 heteroatoms. The van der Waals surface area contributed by atoms with Crippen LogP contribution in [-0.4, -0.2) is 6.88 Å². The fourth-order valence-electron chi connectivity index (χ4n) is 4.14. The zero-order chi connectivity index (χ0) is 21.7. The number of aryl methyl sites for hydroxylation is 3. The Morgan fingerprint density at radius 3 is 1.82 bits per heavy atom. The van der Waals surface area contributed by atoms with Crippen molar-refractivity contribution in [3.8, 4) is 11.1 Å². The molecule has 1 unspecified atom stereocenters. The van der Waals surface area contributed by atoms with Gasteiger partial charge >= 0.3 is 30.2 Å². The third kappa shape index (κ3) is 8.74. The molecule has 0 aliphatic heterocycles. The van der Waals surface area contributed by atoms with E-state index in [2.05, 4.69) is 110 Å². The molecule has 0 nitrogen and oxygen atoms in total. The Morgan fingerprint density at radius 2 is 1.39 bits per heavy atom. The summed E-state index contributed by atoms with van der Waals surface area (Å²) in [6.07, 6.45) is 3.36. The monoisotopic (exact) mass is 574 g/mol. The van der Waals surface area contributed by atoms with Crippen LogP contribution in [0, 0.1) is 47.6 Å². The van der Waals surface area contributed by atoms with E-state index in [1.54, 1.807) is 0 Å². The fourth-order valence-corrected chi connectivity index (χ4v) is 4.14. The summed E-state index contributed by atoms with van der Waals surface area (Å²) in [6.45, 7) is 18.3. The molecule has 0 aromatic heterocycles. The average Bonchev–Trinajstić information content (AvgIpc) is 3.20. The quantitative estimate of drug-likeness (QED) is 0.200. The first-order chi connectivity index (χ1) is 13.8. The van der Waals surface area contributed by atoms with Crippen LogP contribution >= 0.6 is 24.8 Å². The summed E-state index contributed by atoms with van der Waals surface area (Å²) >= 11 is 1.36. The number of hydrogen-bond donors (Lipinski definition) is 0. The Labute approximate surface area is 232 Å². The minimum atomic E-state index is 0. The van der Waals surface area contributed by atoms with Crippen LogP contribution in [0.5, 0.6) is 0 Å². The van der Waals surface area contributed by atoms with Crippen molar-refractivity contribution in [1.29, 1.82) is 0 Å². The van der Waals surface area contributed by atoms with Crippen LogP contribution in [0.4, 0.5) is 0 Å². The molecule has 3 aromatic carbocycles. The standard InChI is InChI=1S/C18H17.C9H13.2CH3.2ClH.Si.Zr/c1-12-10-13(2)18(14(3)11-12)17-9-8-15-6-4-5-7-16(15)17;1-6-5-7(2)9(4)8(6)3;;;;;;/h4-11H,1-3H3;6H,1-4H3;2*1H3;2*1H;;/q4*-1;;;;. The molecule has 0 saturated carbocycles. The van der Waals surface area contributed by atoms with E-state index in [0.29, 0.717) is 5.92 Å². The van der Waals surface area contributed by atoms with E-state index in [1.165, 1.54) is 78.6 Å². The molecule has 1 aliphatic carbocycles. The van der Waals surface area contributed by atoms with E-state index in [4.69, 9.17) is 0 Å². The van der Waals surface area contributed by atoms with Crippen molar-refractivity contribution in [3.05, 3.63) is 103 Å². The summed E-state index contributed by atoms with van der Waals surface area (Å²) in [5.41, 5.74) is 11.1. The molecular formula is C29H38Cl2SiZr-4. The van der Waals surface area contributed by atoms with Gasteiger partial charge in [-0.25, -0.2) is 5.57 Å². The number of rotatable bonds is 1. The van der Waals surface area contributed by atoms with E-state index < -0.39 is 0 Å². The summed E-state index contributed by atoms with van der Waals surface area (Å²) < 4.78 is 0. The Hall–Kier alpha value is -0.790. The van der Waals surface area contributed by atoms with Crippen LogP contribution in [0.25, 0.3) is 21.9 Å². The van der Waals surface area contributed by atoms with Crippen molar-refractivity contribution < 1.29 is 23.3 Å². The van der Waals surface area contributed by atoms with Gasteiger partial charge in [-0.2, -0.15) is 11.1 Å². The van der Waals surface area contributed by atoms with Crippen LogP contribution in [0.15, 0.2) is 65.3 Å². The first kappa shape index (κ1) is 36.8. The summed E-state index contributed by atoms with van der Waals surface area (Å²) in [5.74, 6) is 0.560. The summed E-state index contributed by atoms with van der Waals surface area (Å²) in [5, 5.41) is 2.68. The first-order valence-electron chi connectivity index (χ1n) is 10.0. The van der Waals surface area contributed by atoms with Gasteiger partial charge in [0.1, 0.15) is 0 Å². The molecule has 0 saturated heterocycles. The maximum absolute atomic E-state index is 3.36. The normalized spacial score (nSPS) is 13.5. The zero-order valence-corrected chi connectivity index (χ0v) is 26.6. The second-order valence-electron chi connectivity index (χ2n) is 7.91. The van der Waals surface area contributed by atoms with E-state index >= 15 is 0 Å². The molecule has 0 amide bonds. The number of halogens is 2. The predicted molar refractivity (Wildman–Crippen MR) is 152 cm³/mol. The van der Waals surface area contributed by atoms with Crippen molar-refractivity contribution in [3.63, 3.8) is 0 Å². The molecule has 0 N–H and O–H groups in total. The second kappa shape index (κ2) is 16.8. The molecule has 3 aromatic rings. The van der Waals surface area contributed by atoms with Gasteiger partial charge in [0.2, 0.25) is 0 Å². The number of fused-ring (bicyclic) bond motifs is 1. The van der Waals surface area contributed by atoms with Crippen LogP contribution in [0.1, 0.15) is 44.4 Å². The Kier molecular flexibility index (Phi) is 18.7. The zero-order valence-electron chi connectivity index (χ0n) is 21.5. The predicted octanol–water partition coefficient (Wildman–Crippen LogP) is 9.23. The van der Waals surface area contributed by atoms with Gasteiger partial charge in [0.05, 0.1) is 0 Å². The molecule has 0 heterocycles. The van der Waals surface area contributed by atoms with Gasteiger partial charge in [0, 0.05) is 0 Å². The minimum absolute atomic E-state index is 0. The Morgan fingerprint density at radius 1 is 0.879 bits per heavy atom. The number of benzene rings is 2. The average molecular weight is 577 g/mol. The molecule has 2 radical (unpaired) electrons. The Balaban J connectivity index is -0.000000522. The van der Waals surface area contributed by atoms with Crippen molar-refractivity contribution in [2.75, 3.05) is 0 Å². The molecule has 1 atom stereocenters. The van der Waals surface area contributed by atoms with Crippen molar-refractivity contribution >= 4 is 42.5 Å². The third-order valence-corrected chi connectivity index (χ3v) is 5.86. The third-order valence-electron chi connectivity index (χ3n) is 5.86. The van der Waals surface area contributed by atoms with Gasteiger partial charge in [-0.15, -0.1) is 78.4 Å². The molecule has 33 heavy (non-hydrogen) atoms. The number of hydrogen-bond acceptors (Lipinski definition) is 0. The molecule has 0 fully saturated rings. The van der Waals surface area contributed by atoms with Gasteiger partial charge in [-0.05, 0) is 20.8 Å². The maximum atomic E-state index is 3.36. The van der Waals surface area contributed by atoms with Crippen LogP contribution in [0.2, 0.25) is 0 Å². The first-order valence-corrected chi connectivity index (χ1v) is 14.2. The van der Waals surface area contributed by atoms with Crippen LogP contribution in [0.3, 0.4) is 0 Å². The summed E-state index contributed by atoms with van der Waals surface area (Å²) in [6, 6.07) is 17.6. The van der Waals surface area contributed by atoms with E-state index in [-0.39, 0.29) is 39.7 Å². The van der Waals surface area contributed by atoms with Gasteiger partial charge in [-0.1, -0.05) is 67.1 Å². The Bertz CT molecular complexity index is 1050. The fraction of sp³-hybridized carbons (Fsp3) is 0.276. The molecular weight excluding hydrogens is 539 g/mol. The molecule has 4 rings (SSSR count). The summed E-state index contributed by atoms with van der Waals surface area (Å²) in [4.78, 5) is 0. The molecule has 0 spiro atoms. The van der Waals surface area contributed by atoms with Crippen LogP contribution < -0.4 is 0 Å². The molecule has 1 aliphatic rings. The SMILES string of the molecule is CC1=[C-]C(C)C(C)=C1C.Cc1cc(C)c(-c2c[cH-]c3ccccc23)c(C)c1.Cl.Cl.[CH3-].[CH3-].[Si]=[Zr]. The van der Waals surface area contributed by atoms with Crippen molar-refractivity contribution in [1.82, 2.24) is 0 Å². The molecule has 180 valence electrons. The topological polar surface area (TPSA) is 0 Å². The van der Waals surface area contributed by atoms with Gasteiger partial charge in [0.15, 0.2) is 0 Å². The molecule has 0 bridgehead atoms. The van der Waals surface area contributed by atoms with E-state index in [9.17, 15) is 0 Å². The van der Waals surface area contributed by atoms with Gasteiger partial charge in [-0.3, -0.25) is 6.08 Å². The number of allylic oxidation sites excluding steroid dienone is 4. The second-order valence-corrected chi connectivity index (χ2v) is 7.91. The van der Waals surface area contributed by atoms with Crippen LogP contribution in [-0.2, 0) is 23.3 Å². The van der Waals surface area contributed by atoms with E-state index in [1.807, 2.05) is 0 Å².